The van der Waals surface area contributed by atoms with Crippen molar-refractivity contribution in [3.05, 3.63) is 83.9 Å². The van der Waals surface area contributed by atoms with Gasteiger partial charge in [0.25, 0.3) is 0 Å². The topological polar surface area (TPSA) is 96.0 Å². The van der Waals surface area contributed by atoms with Crippen LogP contribution in [0, 0.1) is 0 Å². The fourth-order valence-electron chi connectivity index (χ4n) is 4.03. The summed E-state index contributed by atoms with van der Waals surface area (Å²) in [4.78, 5) is 49.5. The Morgan fingerprint density at radius 3 is 1.58 bits per heavy atom. The van der Waals surface area contributed by atoms with Crippen LogP contribution in [0.2, 0.25) is 0 Å². The van der Waals surface area contributed by atoms with Crippen molar-refractivity contribution in [3.8, 4) is 17.2 Å². The Bertz CT molecular complexity index is 1470. The first-order chi connectivity index (χ1) is 17.3. The Hall–Kier alpha value is -4.78. The van der Waals surface area contributed by atoms with Crippen LogP contribution >= 0.6 is 0 Å². The maximum atomic E-state index is 13.6. The van der Waals surface area contributed by atoms with Gasteiger partial charge in [-0.3, -0.25) is 19.2 Å². The minimum Gasteiger partial charge on any atom is -0.426 e. The van der Waals surface area contributed by atoms with Crippen LogP contribution in [-0.2, 0) is 14.4 Å². The average Bonchev–Trinajstić information content (AvgIpc) is 2.82. The lowest BCUT2D eigenvalue weighted by Crippen LogP contribution is -2.09. The van der Waals surface area contributed by atoms with E-state index < -0.39 is 17.9 Å². The molecule has 0 fully saturated rings. The van der Waals surface area contributed by atoms with E-state index in [1.54, 1.807) is 30.3 Å². The van der Waals surface area contributed by atoms with Crippen LogP contribution in [0.15, 0.2) is 72.8 Å². The normalized spacial score (nSPS) is 11.0. The number of esters is 3. The summed E-state index contributed by atoms with van der Waals surface area (Å²) >= 11 is 0. The van der Waals surface area contributed by atoms with Crippen LogP contribution < -0.4 is 14.2 Å². The van der Waals surface area contributed by atoms with E-state index in [1.807, 2.05) is 30.3 Å². The molecule has 4 rings (SSSR count). The Morgan fingerprint density at radius 2 is 1.11 bits per heavy atom. The largest absolute Gasteiger partial charge is 0.426 e. The lowest BCUT2D eigenvalue weighted by Gasteiger charge is -2.18. The third-order valence-electron chi connectivity index (χ3n) is 5.27. The van der Waals surface area contributed by atoms with Gasteiger partial charge in [0.15, 0.2) is 11.5 Å². The van der Waals surface area contributed by atoms with Gasteiger partial charge in [-0.15, -0.1) is 0 Å². The van der Waals surface area contributed by atoms with E-state index in [0.717, 1.165) is 5.56 Å². The number of rotatable bonds is 6. The molecule has 0 radical (unpaired) electrons. The second-order valence-corrected chi connectivity index (χ2v) is 7.95. The van der Waals surface area contributed by atoms with Gasteiger partial charge < -0.3 is 14.2 Å². The molecule has 36 heavy (non-hydrogen) atoms. The second-order valence-electron chi connectivity index (χ2n) is 7.95. The van der Waals surface area contributed by atoms with Crippen molar-refractivity contribution in [1.29, 1.82) is 0 Å². The fourth-order valence-corrected chi connectivity index (χ4v) is 4.03. The summed E-state index contributed by atoms with van der Waals surface area (Å²) in [7, 11) is 0. The van der Waals surface area contributed by atoms with Crippen LogP contribution in [0.4, 0.5) is 0 Å². The highest BCUT2D eigenvalue weighted by atomic mass is 16.6. The predicted octanol–water partition coefficient (Wildman–Crippen LogP) is 5.67. The molecule has 0 saturated heterocycles. The van der Waals surface area contributed by atoms with Gasteiger partial charge in [-0.25, -0.2) is 0 Å². The third kappa shape index (κ3) is 5.00. The molecule has 0 spiro atoms. The van der Waals surface area contributed by atoms with Crippen LogP contribution in [0.1, 0.15) is 36.7 Å². The summed E-state index contributed by atoms with van der Waals surface area (Å²) in [5, 5.41) is 1.26. The lowest BCUT2D eigenvalue weighted by molar-refractivity contribution is -0.132. The van der Waals surface area contributed by atoms with Crippen molar-refractivity contribution >= 4 is 51.3 Å². The number of ketones is 1. The van der Waals surface area contributed by atoms with E-state index >= 15 is 0 Å². The molecule has 0 atom stereocenters. The number of ether oxygens (including phenoxy) is 3. The lowest BCUT2D eigenvalue weighted by atomic mass is 9.91. The van der Waals surface area contributed by atoms with Gasteiger partial charge in [-0.1, -0.05) is 60.7 Å². The van der Waals surface area contributed by atoms with Crippen LogP contribution in [-0.4, -0.2) is 23.7 Å². The van der Waals surface area contributed by atoms with Crippen molar-refractivity contribution in [2.45, 2.75) is 20.8 Å². The second kappa shape index (κ2) is 10.2. The molecule has 0 heterocycles. The van der Waals surface area contributed by atoms with Gasteiger partial charge in [0.2, 0.25) is 0 Å². The Kier molecular flexibility index (Phi) is 6.92. The van der Waals surface area contributed by atoms with E-state index in [2.05, 4.69) is 0 Å². The van der Waals surface area contributed by atoms with Crippen molar-refractivity contribution in [1.82, 2.24) is 0 Å². The average molecular weight is 482 g/mol. The van der Waals surface area contributed by atoms with E-state index in [4.69, 9.17) is 14.2 Å². The zero-order chi connectivity index (χ0) is 25.8. The fraction of sp³-hybridized carbons (Fsp3) is 0.103. The summed E-state index contributed by atoms with van der Waals surface area (Å²) in [5.74, 6) is -1.97. The number of allylic oxidation sites excluding steroid dienone is 1. The molecule has 7 nitrogen and oxygen atoms in total. The Labute approximate surface area is 206 Å². The van der Waals surface area contributed by atoms with Crippen LogP contribution in [0.25, 0.3) is 27.6 Å². The van der Waals surface area contributed by atoms with Crippen molar-refractivity contribution < 1.29 is 33.4 Å². The highest BCUT2D eigenvalue weighted by molar-refractivity contribution is 6.27. The van der Waals surface area contributed by atoms with Crippen molar-refractivity contribution in [3.63, 3.8) is 0 Å². The van der Waals surface area contributed by atoms with Gasteiger partial charge in [-0.05, 0) is 23.8 Å². The van der Waals surface area contributed by atoms with E-state index in [1.165, 1.54) is 39.0 Å². The number of benzene rings is 4. The molecule has 0 aromatic heterocycles. The van der Waals surface area contributed by atoms with Crippen LogP contribution in [0.5, 0.6) is 17.2 Å². The first kappa shape index (κ1) is 24.3. The summed E-state index contributed by atoms with van der Waals surface area (Å²) in [6, 6.07) is 19.0. The molecule has 0 aliphatic rings. The molecule has 0 aliphatic carbocycles. The summed E-state index contributed by atoms with van der Waals surface area (Å²) in [6.07, 6.45) is 3.12. The molecule has 4 aromatic rings. The van der Waals surface area contributed by atoms with Gasteiger partial charge in [-0.2, -0.15) is 0 Å². The quantitative estimate of drug-likeness (QED) is 0.115. The molecule has 0 amide bonds. The number of carbonyl (C=O) groups excluding carboxylic acids is 4. The first-order valence-corrected chi connectivity index (χ1v) is 11.1. The number of hydrogen-bond acceptors (Lipinski definition) is 7. The molecule has 0 saturated carbocycles. The number of carbonyl (C=O) groups is 4. The maximum Gasteiger partial charge on any atom is 0.308 e. The smallest absolute Gasteiger partial charge is 0.308 e. The van der Waals surface area contributed by atoms with Gasteiger partial charge in [0.05, 0.1) is 10.8 Å². The minimum atomic E-state index is -0.643. The predicted molar refractivity (Wildman–Crippen MR) is 135 cm³/mol. The van der Waals surface area contributed by atoms with Gasteiger partial charge in [0.1, 0.15) is 11.5 Å². The van der Waals surface area contributed by atoms with E-state index in [-0.39, 0.29) is 39.4 Å². The van der Waals surface area contributed by atoms with E-state index in [9.17, 15) is 19.2 Å². The minimum absolute atomic E-state index is 0.0183. The molecule has 0 aliphatic heterocycles. The molecule has 7 heteroatoms. The molecular formula is C29H22O7. The van der Waals surface area contributed by atoms with Gasteiger partial charge in [0, 0.05) is 37.1 Å². The number of hydrogen-bond donors (Lipinski definition) is 0. The van der Waals surface area contributed by atoms with Gasteiger partial charge >= 0.3 is 17.9 Å². The maximum absolute atomic E-state index is 13.6. The molecule has 0 bridgehead atoms. The molecule has 180 valence electrons. The summed E-state index contributed by atoms with van der Waals surface area (Å²) in [6.45, 7) is 3.71. The Morgan fingerprint density at radius 1 is 0.611 bits per heavy atom. The molecule has 0 unspecified atom stereocenters. The standard InChI is InChI=1S/C29H22O7/c1-17(30)34-24-13-7-11-21-26(23(33)16-15-20-9-5-4-6-10-20)22-12-8-14-25(35-18(2)31)28(22)29(27(21)24)36-19(3)32/h4-16H,1-3H3/b16-15+. The zero-order valence-corrected chi connectivity index (χ0v) is 19.9. The number of fused-ring (bicyclic) bond motifs is 2. The summed E-state index contributed by atoms with van der Waals surface area (Å²) < 4.78 is 16.4. The monoisotopic (exact) mass is 482 g/mol. The first-order valence-electron chi connectivity index (χ1n) is 11.1. The highest BCUT2D eigenvalue weighted by Gasteiger charge is 2.25. The molecule has 0 N–H and O–H groups in total. The highest BCUT2D eigenvalue weighted by Crippen LogP contribution is 2.46. The zero-order valence-electron chi connectivity index (χ0n) is 19.9. The molecular weight excluding hydrogens is 460 g/mol. The van der Waals surface area contributed by atoms with Crippen LogP contribution in [0.3, 0.4) is 0 Å². The summed E-state index contributed by atoms with van der Waals surface area (Å²) in [5.41, 5.74) is 1.10. The SMILES string of the molecule is CC(=O)Oc1cccc2c(C(=O)/C=C/c3ccccc3)c3cccc(OC(C)=O)c3c(OC(C)=O)c12. The van der Waals surface area contributed by atoms with Crippen molar-refractivity contribution in [2.24, 2.45) is 0 Å². The van der Waals surface area contributed by atoms with E-state index in [0.29, 0.717) is 10.8 Å². The Balaban J connectivity index is 2.12. The third-order valence-corrected chi connectivity index (χ3v) is 5.27. The molecule has 4 aromatic carbocycles. The van der Waals surface area contributed by atoms with Crippen molar-refractivity contribution in [2.75, 3.05) is 0 Å².